The zero-order valence-corrected chi connectivity index (χ0v) is 15.7. The molecule has 0 aliphatic carbocycles. The summed E-state index contributed by atoms with van der Waals surface area (Å²) in [6.45, 7) is 2.84. The minimum Gasteiger partial charge on any atom is -0.494 e. The van der Waals surface area contributed by atoms with E-state index in [1.54, 1.807) is 18.2 Å². The number of halogens is 2. The van der Waals surface area contributed by atoms with Crippen LogP contribution in [0.3, 0.4) is 0 Å². The molecule has 1 atom stereocenters. The van der Waals surface area contributed by atoms with Crippen molar-refractivity contribution in [3.63, 3.8) is 0 Å². The van der Waals surface area contributed by atoms with Crippen molar-refractivity contribution in [1.29, 1.82) is 0 Å². The molecule has 2 rings (SSSR count). The van der Waals surface area contributed by atoms with Gasteiger partial charge in [0.1, 0.15) is 5.75 Å². The van der Waals surface area contributed by atoms with E-state index in [1.807, 2.05) is 24.3 Å². The monoisotopic (exact) mass is 361 g/mol. The van der Waals surface area contributed by atoms with E-state index in [0.29, 0.717) is 22.2 Å². The summed E-state index contributed by atoms with van der Waals surface area (Å²) in [6, 6.07) is 12.7. The molecule has 6 heteroatoms. The molecule has 0 saturated heterocycles. The van der Waals surface area contributed by atoms with E-state index in [2.05, 4.69) is 6.92 Å². The molecule has 0 spiro atoms. The summed E-state index contributed by atoms with van der Waals surface area (Å²) in [5, 5.41) is 1.72. The molecule has 0 amide bonds. The Kier molecular flexibility index (Phi) is 9.29. The van der Waals surface area contributed by atoms with Gasteiger partial charge < -0.3 is 4.74 Å². The summed E-state index contributed by atoms with van der Waals surface area (Å²) >= 11 is 12.1. The third-order valence-corrected chi connectivity index (χ3v) is 4.80. The maximum Gasteiger partial charge on any atom is 1.00 e. The average molecular weight is 362 g/mol. The SMILES string of the molecule is CCCCOc1ccc(PC(=O)c2c(Cl)cccc2Cl)cc1.[Li+]. The molecule has 1 unspecified atom stereocenters. The first-order chi connectivity index (χ1) is 10.6. The fourth-order valence-electron chi connectivity index (χ4n) is 1.88. The van der Waals surface area contributed by atoms with E-state index in [4.69, 9.17) is 27.9 Å². The molecule has 0 aliphatic rings. The van der Waals surface area contributed by atoms with Crippen LogP contribution in [-0.4, -0.2) is 12.1 Å². The number of ether oxygens (including phenoxy) is 1. The molecule has 2 nitrogen and oxygen atoms in total. The van der Waals surface area contributed by atoms with Crippen LogP contribution < -0.4 is 28.9 Å². The zero-order valence-electron chi connectivity index (χ0n) is 13.2. The first-order valence-corrected chi connectivity index (χ1v) is 8.85. The van der Waals surface area contributed by atoms with Gasteiger partial charge in [0.2, 0.25) is 0 Å². The van der Waals surface area contributed by atoms with Gasteiger partial charge in [0, 0.05) is 0 Å². The predicted molar refractivity (Wildman–Crippen MR) is 95.6 cm³/mol. The van der Waals surface area contributed by atoms with E-state index in [-0.39, 0.29) is 33.0 Å². The van der Waals surface area contributed by atoms with Crippen molar-refractivity contribution in [3.05, 3.63) is 58.1 Å². The van der Waals surface area contributed by atoms with Gasteiger partial charge in [-0.1, -0.05) is 54.7 Å². The Morgan fingerprint density at radius 3 is 2.26 bits per heavy atom. The van der Waals surface area contributed by atoms with Crippen LogP contribution >= 0.6 is 31.8 Å². The third kappa shape index (κ3) is 6.15. The van der Waals surface area contributed by atoms with Crippen molar-refractivity contribution in [2.45, 2.75) is 19.8 Å². The van der Waals surface area contributed by atoms with Crippen LogP contribution in [0.1, 0.15) is 30.1 Å². The van der Waals surface area contributed by atoms with E-state index < -0.39 is 0 Å². The van der Waals surface area contributed by atoms with Crippen LogP contribution in [0.5, 0.6) is 5.75 Å². The molecule has 2 aromatic carbocycles. The normalized spacial score (nSPS) is 10.6. The first-order valence-electron chi connectivity index (χ1n) is 7.10. The van der Waals surface area contributed by atoms with Gasteiger partial charge in [0.15, 0.2) is 5.52 Å². The molecule has 0 bridgehead atoms. The van der Waals surface area contributed by atoms with Crippen LogP contribution in [0.15, 0.2) is 42.5 Å². The first kappa shape index (κ1) is 20.6. The Morgan fingerprint density at radius 1 is 1.09 bits per heavy atom. The minimum atomic E-state index is -0.0600. The van der Waals surface area contributed by atoms with Gasteiger partial charge in [-0.05, 0) is 44.6 Å². The molecule has 23 heavy (non-hydrogen) atoms. The van der Waals surface area contributed by atoms with Gasteiger partial charge in [-0.25, -0.2) is 0 Å². The summed E-state index contributed by atoms with van der Waals surface area (Å²) in [5.74, 6) is 0.824. The second-order valence-corrected chi connectivity index (χ2v) is 6.87. The van der Waals surface area contributed by atoms with Gasteiger partial charge in [-0.2, -0.15) is 0 Å². The molecule has 0 fully saturated rings. The zero-order chi connectivity index (χ0) is 15.9. The molecule has 0 N–H and O–H groups in total. The van der Waals surface area contributed by atoms with Crippen LogP contribution in [0.2, 0.25) is 10.0 Å². The maximum absolute atomic E-state index is 12.4. The fourth-order valence-corrected chi connectivity index (χ4v) is 3.59. The molecule has 2 aromatic rings. The topological polar surface area (TPSA) is 26.3 Å². The summed E-state index contributed by atoms with van der Waals surface area (Å²) in [6.07, 6.45) is 2.14. The molecule has 0 radical (unpaired) electrons. The number of benzene rings is 2. The molecule has 0 aliphatic heterocycles. The number of hydrogen-bond acceptors (Lipinski definition) is 2. The Balaban J connectivity index is 0.00000264. The molecule has 0 heterocycles. The van der Waals surface area contributed by atoms with Crippen molar-refractivity contribution < 1.29 is 28.4 Å². The van der Waals surface area contributed by atoms with Gasteiger partial charge in [0.25, 0.3) is 0 Å². The summed E-state index contributed by atoms with van der Waals surface area (Å²) in [7, 11) is -0.0161. The molecular formula is C17H17Cl2LiO2P+. The summed E-state index contributed by atoms with van der Waals surface area (Å²) < 4.78 is 5.61. The number of rotatable bonds is 7. The number of carbonyl (C=O) groups is 1. The standard InChI is InChI=1S/C17H17Cl2O2P.Li/c1-2-3-11-21-12-7-9-13(10-8-12)22-17(20)16-14(18)5-4-6-15(16)19;/h4-10,22H,2-3,11H2,1H3;/q;+1. The molecule has 116 valence electrons. The van der Waals surface area contributed by atoms with E-state index >= 15 is 0 Å². The fraction of sp³-hybridized carbons (Fsp3) is 0.235. The van der Waals surface area contributed by atoms with Crippen molar-refractivity contribution in [3.8, 4) is 5.75 Å². The van der Waals surface area contributed by atoms with Gasteiger partial charge in [0.05, 0.1) is 22.2 Å². The van der Waals surface area contributed by atoms with E-state index in [1.165, 1.54) is 0 Å². The Bertz CT molecular complexity index is 627. The second kappa shape index (κ2) is 10.4. The molecular weight excluding hydrogens is 345 g/mol. The number of carbonyl (C=O) groups excluding carboxylic acids is 1. The Labute approximate surface area is 160 Å². The van der Waals surface area contributed by atoms with Crippen LogP contribution in [-0.2, 0) is 0 Å². The van der Waals surface area contributed by atoms with Crippen molar-refractivity contribution in [1.82, 2.24) is 0 Å². The average Bonchev–Trinajstić information content (AvgIpc) is 2.49. The second-order valence-electron chi connectivity index (χ2n) is 4.78. The Hall–Kier alpha value is -0.483. The predicted octanol–water partition coefficient (Wildman–Crippen LogP) is 2.32. The van der Waals surface area contributed by atoms with E-state index in [9.17, 15) is 4.79 Å². The maximum atomic E-state index is 12.4. The summed E-state index contributed by atoms with van der Waals surface area (Å²) in [5.41, 5.74) is 0.336. The van der Waals surface area contributed by atoms with Gasteiger partial charge in [-0.15, -0.1) is 0 Å². The van der Waals surface area contributed by atoms with Gasteiger partial charge in [-0.3, -0.25) is 4.79 Å². The molecule has 0 saturated carbocycles. The molecule has 0 aromatic heterocycles. The number of hydrogen-bond donors (Lipinski definition) is 0. The smallest absolute Gasteiger partial charge is 0.494 e. The number of unbranched alkanes of at least 4 members (excludes halogenated alkanes) is 1. The van der Waals surface area contributed by atoms with Crippen molar-refractivity contribution in [2.24, 2.45) is 0 Å². The van der Waals surface area contributed by atoms with Crippen molar-refractivity contribution >= 4 is 42.6 Å². The van der Waals surface area contributed by atoms with Crippen LogP contribution in [0.4, 0.5) is 0 Å². The van der Waals surface area contributed by atoms with Crippen LogP contribution in [0, 0.1) is 0 Å². The third-order valence-electron chi connectivity index (χ3n) is 3.07. The Morgan fingerprint density at radius 2 is 1.70 bits per heavy atom. The van der Waals surface area contributed by atoms with Gasteiger partial charge >= 0.3 is 18.9 Å². The quantitative estimate of drug-likeness (QED) is 0.429. The van der Waals surface area contributed by atoms with Crippen LogP contribution in [0.25, 0.3) is 0 Å². The minimum absolute atomic E-state index is 0. The van der Waals surface area contributed by atoms with Crippen molar-refractivity contribution in [2.75, 3.05) is 6.61 Å². The van der Waals surface area contributed by atoms with E-state index in [0.717, 1.165) is 23.9 Å². The largest absolute Gasteiger partial charge is 1.00 e. The summed E-state index contributed by atoms with van der Waals surface area (Å²) in [4.78, 5) is 12.4.